The summed E-state index contributed by atoms with van der Waals surface area (Å²) in [6.07, 6.45) is -3.35. The lowest BCUT2D eigenvalue weighted by molar-refractivity contribution is -0.230. The average Bonchev–Trinajstić information content (AvgIpc) is 2.93. The van der Waals surface area contributed by atoms with Gasteiger partial charge in [-0.1, -0.05) is 0 Å². The van der Waals surface area contributed by atoms with Crippen LogP contribution >= 0.6 is 0 Å². The van der Waals surface area contributed by atoms with Crippen LogP contribution in [0.25, 0.3) is 0 Å². The first-order chi connectivity index (χ1) is 11.0. The zero-order valence-corrected chi connectivity index (χ0v) is 13.9. The van der Waals surface area contributed by atoms with E-state index in [-0.39, 0.29) is 32.5 Å². The second-order valence-electron chi connectivity index (χ2n) is 6.95. The number of nitrogens with zero attached hydrogens (tertiary/aromatic N) is 3. The summed E-state index contributed by atoms with van der Waals surface area (Å²) < 4.78 is 47.3. The maximum absolute atomic E-state index is 13.7. The minimum atomic E-state index is -4.52. The predicted molar refractivity (Wildman–Crippen MR) is 79.2 cm³/mol. The molecular formula is C15H22F3N3O3. The van der Waals surface area contributed by atoms with Crippen LogP contribution in [0.2, 0.25) is 0 Å². The summed E-state index contributed by atoms with van der Waals surface area (Å²) in [5, 5.41) is 12.8. The number of halogens is 3. The molecule has 0 aliphatic carbocycles. The van der Waals surface area contributed by atoms with Crippen molar-refractivity contribution in [3.05, 3.63) is 18.0 Å². The van der Waals surface area contributed by atoms with E-state index in [4.69, 9.17) is 9.84 Å². The van der Waals surface area contributed by atoms with Crippen LogP contribution in [0.4, 0.5) is 18.0 Å². The molecule has 136 valence electrons. The lowest BCUT2D eigenvalue weighted by atomic mass is 9.87. The van der Waals surface area contributed by atoms with Crippen molar-refractivity contribution in [3.63, 3.8) is 0 Å². The predicted octanol–water partition coefficient (Wildman–Crippen LogP) is 2.66. The van der Waals surface area contributed by atoms with E-state index in [0.717, 1.165) is 4.68 Å². The third-order valence-electron chi connectivity index (χ3n) is 4.03. The summed E-state index contributed by atoms with van der Waals surface area (Å²) in [6, 6.07) is 0. The standard InChI is InChI=1S/C15H22F3N3O3/c1-13(2,3)24-12(23)20-6-4-14(5-7-20,15(16,17)18)21-9-11(10-22)8-19-21/h8-9,22H,4-7,10H2,1-3H3. The van der Waals surface area contributed by atoms with E-state index in [1.807, 2.05) is 0 Å². The highest BCUT2D eigenvalue weighted by Crippen LogP contribution is 2.44. The van der Waals surface area contributed by atoms with Gasteiger partial charge in [-0.05, 0) is 33.6 Å². The van der Waals surface area contributed by atoms with Gasteiger partial charge in [0.1, 0.15) is 5.60 Å². The maximum Gasteiger partial charge on any atom is 0.413 e. The summed E-state index contributed by atoms with van der Waals surface area (Å²) >= 11 is 0. The van der Waals surface area contributed by atoms with Gasteiger partial charge in [0.2, 0.25) is 0 Å². The van der Waals surface area contributed by atoms with Crippen LogP contribution in [-0.4, -0.2) is 50.7 Å². The number of likely N-dealkylation sites (tertiary alicyclic amines) is 1. The van der Waals surface area contributed by atoms with Crippen molar-refractivity contribution in [1.29, 1.82) is 0 Å². The molecule has 1 aromatic heterocycles. The van der Waals surface area contributed by atoms with E-state index in [1.54, 1.807) is 20.8 Å². The zero-order chi connectivity index (χ0) is 18.2. The molecular weight excluding hydrogens is 327 g/mol. The molecule has 0 radical (unpaired) electrons. The van der Waals surface area contributed by atoms with Gasteiger partial charge in [0, 0.05) is 24.8 Å². The SMILES string of the molecule is CC(C)(C)OC(=O)N1CCC(n2cc(CO)cn2)(C(F)(F)F)CC1. The monoisotopic (exact) mass is 349 g/mol. The van der Waals surface area contributed by atoms with Gasteiger partial charge >= 0.3 is 12.3 Å². The zero-order valence-electron chi connectivity index (χ0n) is 13.9. The van der Waals surface area contributed by atoms with Crippen LogP contribution in [0.15, 0.2) is 12.4 Å². The first-order valence-corrected chi connectivity index (χ1v) is 7.68. The van der Waals surface area contributed by atoms with Gasteiger partial charge < -0.3 is 14.7 Å². The van der Waals surface area contributed by atoms with E-state index >= 15 is 0 Å². The van der Waals surface area contributed by atoms with Gasteiger partial charge in [0.05, 0.1) is 12.8 Å². The van der Waals surface area contributed by atoms with Gasteiger partial charge in [-0.2, -0.15) is 18.3 Å². The van der Waals surface area contributed by atoms with Crippen LogP contribution in [0.3, 0.4) is 0 Å². The molecule has 24 heavy (non-hydrogen) atoms. The van der Waals surface area contributed by atoms with Crippen LogP contribution in [0.1, 0.15) is 39.2 Å². The van der Waals surface area contributed by atoms with Gasteiger partial charge in [-0.25, -0.2) is 4.79 Å². The molecule has 6 nitrogen and oxygen atoms in total. The molecule has 2 rings (SSSR count). The Balaban J connectivity index is 2.18. The molecule has 2 heterocycles. The molecule has 0 atom stereocenters. The van der Waals surface area contributed by atoms with Crippen LogP contribution < -0.4 is 0 Å². The second kappa shape index (κ2) is 6.27. The molecule has 1 aliphatic heterocycles. The fourth-order valence-corrected chi connectivity index (χ4v) is 2.70. The number of amides is 1. The van der Waals surface area contributed by atoms with Crippen molar-refractivity contribution in [1.82, 2.24) is 14.7 Å². The molecule has 0 unspecified atom stereocenters. The molecule has 0 spiro atoms. The van der Waals surface area contributed by atoms with Crippen molar-refractivity contribution >= 4 is 6.09 Å². The number of aliphatic hydroxyl groups excluding tert-OH is 1. The Kier molecular flexibility index (Phi) is 4.85. The molecule has 0 aromatic carbocycles. The fraction of sp³-hybridized carbons (Fsp3) is 0.733. The Morgan fingerprint density at radius 3 is 2.33 bits per heavy atom. The minimum absolute atomic E-state index is 0.0806. The fourth-order valence-electron chi connectivity index (χ4n) is 2.70. The summed E-state index contributed by atoms with van der Waals surface area (Å²) in [5.74, 6) is 0. The first-order valence-electron chi connectivity index (χ1n) is 7.68. The lowest BCUT2D eigenvalue weighted by Crippen LogP contribution is -2.56. The van der Waals surface area contributed by atoms with E-state index in [2.05, 4.69) is 5.10 Å². The smallest absolute Gasteiger partial charge is 0.413 e. The molecule has 1 fully saturated rings. The van der Waals surface area contributed by atoms with E-state index < -0.39 is 23.4 Å². The Morgan fingerprint density at radius 1 is 1.33 bits per heavy atom. The molecule has 1 amide bonds. The number of piperidine rings is 1. The molecule has 0 bridgehead atoms. The van der Waals surface area contributed by atoms with Gasteiger partial charge in [-0.3, -0.25) is 4.68 Å². The Labute approximate surface area is 138 Å². The third kappa shape index (κ3) is 3.66. The molecule has 1 aliphatic rings. The number of aliphatic hydroxyl groups is 1. The average molecular weight is 349 g/mol. The molecule has 0 saturated carbocycles. The number of carbonyl (C=O) groups excluding carboxylic acids is 1. The van der Waals surface area contributed by atoms with E-state index in [1.165, 1.54) is 17.3 Å². The summed E-state index contributed by atoms with van der Waals surface area (Å²) in [4.78, 5) is 13.3. The topological polar surface area (TPSA) is 67.6 Å². The molecule has 1 aromatic rings. The quantitative estimate of drug-likeness (QED) is 0.891. The minimum Gasteiger partial charge on any atom is -0.444 e. The van der Waals surface area contributed by atoms with E-state index in [0.29, 0.717) is 5.56 Å². The number of alkyl halides is 3. The molecule has 1 saturated heterocycles. The Bertz CT molecular complexity index is 585. The first kappa shape index (κ1) is 18.6. The highest BCUT2D eigenvalue weighted by molar-refractivity contribution is 5.68. The van der Waals surface area contributed by atoms with E-state index in [9.17, 15) is 18.0 Å². The summed E-state index contributed by atoms with van der Waals surface area (Å²) in [6.45, 7) is 4.57. The van der Waals surface area contributed by atoms with Crippen LogP contribution in [-0.2, 0) is 16.9 Å². The van der Waals surface area contributed by atoms with Crippen molar-refractivity contribution < 1.29 is 27.8 Å². The van der Waals surface area contributed by atoms with Gasteiger partial charge in [-0.15, -0.1) is 0 Å². The summed E-state index contributed by atoms with van der Waals surface area (Å²) in [5.41, 5.74) is -2.57. The maximum atomic E-state index is 13.7. The van der Waals surface area contributed by atoms with Crippen molar-refractivity contribution in [2.45, 2.75) is 57.5 Å². The Morgan fingerprint density at radius 2 is 1.92 bits per heavy atom. The summed E-state index contributed by atoms with van der Waals surface area (Å²) in [7, 11) is 0. The number of hydrogen-bond donors (Lipinski definition) is 1. The van der Waals surface area contributed by atoms with Crippen molar-refractivity contribution in [2.24, 2.45) is 0 Å². The van der Waals surface area contributed by atoms with Gasteiger partial charge in [0.15, 0.2) is 5.54 Å². The number of ether oxygens (including phenoxy) is 1. The lowest BCUT2D eigenvalue weighted by Gasteiger charge is -2.42. The highest BCUT2D eigenvalue weighted by atomic mass is 19.4. The Hall–Kier alpha value is -1.77. The van der Waals surface area contributed by atoms with Crippen molar-refractivity contribution in [3.8, 4) is 0 Å². The number of carbonyl (C=O) groups is 1. The normalized spacial score (nSPS) is 18.5. The highest BCUT2D eigenvalue weighted by Gasteiger charge is 2.58. The number of aromatic nitrogens is 2. The van der Waals surface area contributed by atoms with Crippen LogP contribution in [0.5, 0.6) is 0 Å². The van der Waals surface area contributed by atoms with Crippen molar-refractivity contribution in [2.75, 3.05) is 13.1 Å². The van der Waals surface area contributed by atoms with Crippen LogP contribution in [0, 0.1) is 0 Å². The molecule has 9 heteroatoms. The number of hydrogen-bond acceptors (Lipinski definition) is 4. The largest absolute Gasteiger partial charge is 0.444 e. The number of rotatable bonds is 2. The molecule has 1 N–H and O–H groups in total. The third-order valence-corrected chi connectivity index (χ3v) is 4.03. The van der Waals surface area contributed by atoms with Gasteiger partial charge in [0.25, 0.3) is 0 Å². The second-order valence-corrected chi connectivity index (χ2v) is 6.95.